The van der Waals surface area contributed by atoms with Gasteiger partial charge in [-0.3, -0.25) is 4.90 Å². The van der Waals surface area contributed by atoms with Gasteiger partial charge in [-0.25, -0.2) is 4.39 Å². The number of benzene rings is 1. The van der Waals surface area contributed by atoms with Crippen LogP contribution in [0.25, 0.3) is 0 Å². The van der Waals surface area contributed by atoms with Crippen LogP contribution in [0, 0.1) is 5.82 Å². The van der Waals surface area contributed by atoms with Crippen LogP contribution in [0.4, 0.5) is 4.39 Å². The highest BCUT2D eigenvalue weighted by atomic mass is 19.1. The number of hydrogen-bond donors (Lipinski definition) is 2. The van der Waals surface area contributed by atoms with Crippen LogP contribution in [-0.2, 0) is 0 Å². The first-order valence-electron chi connectivity index (χ1n) is 6.50. The molecule has 0 saturated carbocycles. The summed E-state index contributed by atoms with van der Waals surface area (Å²) in [6.07, 6.45) is 2.43. The van der Waals surface area contributed by atoms with Gasteiger partial charge in [0.1, 0.15) is 11.6 Å². The highest BCUT2D eigenvalue weighted by Crippen LogP contribution is 2.28. The second-order valence-corrected chi connectivity index (χ2v) is 5.11. The molecule has 1 saturated heterocycles. The number of halogens is 1. The molecule has 1 aliphatic heterocycles. The molecule has 2 atom stereocenters. The van der Waals surface area contributed by atoms with E-state index in [1.54, 1.807) is 6.07 Å². The van der Waals surface area contributed by atoms with Crippen LogP contribution in [0.15, 0.2) is 18.2 Å². The molecular formula is C14H21FN2O. The Bertz CT molecular complexity index is 405. The lowest BCUT2D eigenvalue weighted by molar-refractivity contribution is 0.234. The summed E-state index contributed by atoms with van der Waals surface area (Å²) in [6.45, 7) is 4.06. The van der Waals surface area contributed by atoms with Crippen LogP contribution in [-0.4, -0.2) is 36.2 Å². The molecule has 0 aromatic heterocycles. The summed E-state index contributed by atoms with van der Waals surface area (Å²) in [7, 11) is 2.04. The zero-order valence-corrected chi connectivity index (χ0v) is 11.0. The number of nitrogens with zero attached hydrogens (tertiary/aromatic N) is 1. The Morgan fingerprint density at radius 3 is 2.94 bits per heavy atom. The molecule has 0 radical (unpaired) electrons. The van der Waals surface area contributed by atoms with Crippen molar-refractivity contribution in [1.29, 1.82) is 0 Å². The van der Waals surface area contributed by atoms with Gasteiger partial charge < -0.3 is 10.4 Å². The van der Waals surface area contributed by atoms with E-state index < -0.39 is 5.82 Å². The summed E-state index contributed by atoms with van der Waals surface area (Å²) in [5.41, 5.74) is 0.775. The summed E-state index contributed by atoms with van der Waals surface area (Å²) in [6, 6.07) is 4.84. The number of rotatable bonds is 4. The third kappa shape index (κ3) is 3.00. The van der Waals surface area contributed by atoms with Gasteiger partial charge >= 0.3 is 0 Å². The number of nitrogens with one attached hydrogen (secondary N) is 1. The van der Waals surface area contributed by atoms with E-state index in [0.29, 0.717) is 6.04 Å². The van der Waals surface area contributed by atoms with Crippen LogP contribution in [0.1, 0.15) is 31.4 Å². The van der Waals surface area contributed by atoms with Gasteiger partial charge in [0, 0.05) is 30.3 Å². The second-order valence-electron chi connectivity index (χ2n) is 5.11. The molecule has 1 heterocycles. The lowest BCUT2D eigenvalue weighted by Gasteiger charge is -2.28. The van der Waals surface area contributed by atoms with E-state index in [-0.39, 0.29) is 11.8 Å². The van der Waals surface area contributed by atoms with Gasteiger partial charge in [0.05, 0.1) is 0 Å². The Hall–Kier alpha value is -1.13. The summed E-state index contributed by atoms with van der Waals surface area (Å²) in [5.74, 6) is -0.364. The van der Waals surface area contributed by atoms with Crippen molar-refractivity contribution < 1.29 is 9.50 Å². The first-order valence-corrected chi connectivity index (χ1v) is 6.50. The molecular weight excluding hydrogens is 231 g/mol. The number of phenolic OH excluding ortho intramolecular Hbond substituents is 1. The van der Waals surface area contributed by atoms with Crippen LogP contribution < -0.4 is 5.32 Å². The molecule has 100 valence electrons. The minimum absolute atomic E-state index is 0.0359. The molecule has 4 heteroatoms. The van der Waals surface area contributed by atoms with E-state index in [2.05, 4.69) is 10.2 Å². The molecule has 0 aliphatic carbocycles. The first-order chi connectivity index (χ1) is 8.58. The molecule has 1 fully saturated rings. The second kappa shape index (κ2) is 5.67. The zero-order valence-electron chi connectivity index (χ0n) is 11.0. The van der Waals surface area contributed by atoms with Gasteiger partial charge in [0.2, 0.25) is 0 Å². The third-order valence-electron chi connectivity index (χ3n) is 3.77. The summed E-state index contributed by atoms with van der Waals surface area (Å²) < 4.78 is 13.0. The number of aromatic hydroxyl groups is 1. The lowest BCUT2D eigenvalue weighted by Crippen LogP contribution is -2.36. The maximum atomic E-state index is 13.0. The SMILES string of the molecule is CC(c1ccc(F)cc1O)N(C)CC1CCCN1. The van der Waals surface area contributed by atoms with Crippen LogP contribution in [0.3, 0.4) is 0 Å². The highest BCUT2D eigenvalue weighted by Gasteiger charge is 2.21. The molecule has 18 heavy (non-hydrogen) atoms. The topological polar surface area (TPSA) is 35.5 Å². The van der Waals surface area contributed by atoms with Crippen molar-refractivity contribution in [3.8, 4) is 5.75 Å². The molecule has 3 nitrogen and oxygen atoms in total. The number of likely N-dealkylation sites (N-methyl/N-ethyl adjacent to an activating group) is 1. The molecule has 1 aromatic rings. The number of phenols is 1. The Morgan fingerprint density at radius 1 is 1.56 bits per heavy atom. The third-order valence-corrected chi connectivity index (χ3v) is 3.77. The fraction of sp³-hybridized carbons (Fsp3) is 0.571. The van der Waals surface area contributed by atoms with Crippen LogP contribution >= 0.6 is 0 Å². The van der Waals surface area contributed by atoms with Gasteiger partial charge in [0.25, 0.3) is 0 Å². The monoisotopic (exact) mass is 252 g/mol. The minimum atomic E-state index is -0.399. The van der Waals surface area contributed by atoms with Crippen molar-refractivity contribution in [3.63, 3.8) is 0 Å². The Labute approximate surface area is 108 Å². The van der Waals surface area contributed by atoms with Gasteiger partial charge in [0.15, 0.2) is 0 Å². The molecule has 1 aliphatic rings. The zero-order chi connectivity index (χ0) is 13.1. The Balaban J connectivity index is 2.02. The van der Waals surface area contributed by atoms with Crippen molar-refractivity contribution in [3.05, 3.63) is 29.6 Å². The smallest absolute Gasteiger partial charge is 0.126 e. The van der Waals surface area contributed by atoms with E-state index in [9.17, 15) is 9.50 Å². The lowest BCUT2D eigenvalue weighted by atomic mass is 10.1. The average Bonchev–Trinajstić information content (AvgIpc) is 2.81. The van der Waals surface area contributed by atoms with Crippen LogP contribution in [0.5, 0.6) is 5.75 Å². The van der Waals surface area contributed by atoms with Crippen molar-refractivity contribution >= 4 is 0 Å². The van der Waals surface area contributed by atoms with Crippen molar-refractivity contribution in [1.82, 2.24) is 10.2 Å². The molecule has 0 amide bonds. The fourth-order valence-electron chi connectivity index (χ4n) is 2.53. The summed E-state index contributed by atoms with van der Waals surface area (Å²) >= 11 is 0. The van der Waals surface area contributed by atoms with Gasteiger partial charge in [-0.2, -0.15) is 0 Å². The fourth-order valence-corrected chi connectivity index (χ4v) is 2.53. The molecule has 0 bridgehead atoms. The summed E-state index contributed by atoms with van der Waals surface area (Å²) in [4.78, 5) is 2.19. The first kappa shape index (κ1) is 13.3. The van der Waals surface area contributed by atoms with E-state index in [4.69, 9.17) is 0 Å². The molecule has 0 spiro atoms. The van der Waals surface area contributed by atoms with Crippen molar-refractivity contribution in [2.45, 2.75) is 31.8 Å². The minimum Gasteiger partial charge on any atom is -0.508 e. The normalized spacial score (nSPS) is 21.4. The molecule has 2 rings (SSSR count). The van der Waals surface area contributed by atoms with Crippen LogP contribution in [0.2, 0.25) is 0 Å². The predicted octanol–water partition coefficient (Wildman–Crippen LogP) is 2.28. The molecule has 2 N–H and O–H groups in total. The largest absolute Gasteiger partial charge is 0.508 e. The van der Waals surface area contributed by atoms with Gasteiger partial charge in [-0.1, -0.05) is 6.07 Å². The van der Waals surface area contributed by atoms with E-state index in [1.807, 2.05) is 14.0 Å². The maximum absolute atomic E-state index is 13.0. The van der Waals surface area contributed by atoms with Gasteiger partial charge in [-0.05, 0) is 39.4 Å². The highest BCUT2D eigenvalue weighted by molar-refractivity contribution is 5.34. The van der Waals surface area contributed by atoms with E-state index in [0.717, 1.165) is 18.7 Å². The molecule has 1 aromatic carbocycles. The van der Waals surface area contributed by atoms with Gasteiger partial charge in [-0.15, -0.1) is 0 Å². The average molecular weight is 252 g/mol. The van der Waals surface area contributed by atoms with Crippen molar-refractivity contribution in [2.24, 2.45) is 0 Å². The van der Waals surface area contributed by atoms with E-state index >= 15 is 0 Å². The summed E-state index contributed by atoms with van der Waals surface area (Å²) in [5, 5.41) is 13.2. The van der Waals surface area contributed by atoms with Crippen molar-refractivity contribution in [2.75, 3.05) is 20.1 Å². The molecule has 2 unspecified atom stereocenters. The Morgan fingerprint density at radius 2 is 2.33 bits per heavy atom. The van der Waals surface area contributed by atoms with E-state index in [1.165, 1.54) is 25.0 Å². The number of hydrogen-bond acceptors (Lipinski definition) is 3. The maximum Gasteiger partial charge on any atom is 0.126 e. The Kier molecular flexibility index (Phi) is 4.19. The quantitative estimate of drug-likeness (QED) is 0.863. The predicted molar refractivity (Wildman–Crippen MR) is 70.1 cm³/mol. The standard InChI is InChI=1S/C14H21FN2O/c1-10(13-6-5-11(15)8-14(13)18)17(2)9-12-4-3-7-16-12/h5-6,8,10,12,16,18H,3-4,7,9H2,1-2H3.